The maximum absolute atomic E-state index is 6.01. The second-order valence-corrected chi connectivity index (χ2v) is 8.03. The van der Waals surface area contributed by atoms with E-state index in [9.17, 15) is 0 Å². The molecule has 0 aromatic heterocycles. The van der Waals surface area contributed by atoms with Crippen molar-refractivity contribution < 1.29 is 22.8 Å². The summed E-state index contributed by atoms with van der Waals surface area (Å²) in [6, 6.07) is 0. The highest BCUT2D eigenvalue weighted by Gasteiger charge is 2.60. The van der Waals surface area contributed by atoms with Crippen LogP contribution in [-0.2, 0) is 22.8 Å². The van der Waals surface area contributed by atoms with Gasteiger partial charge in [0, 0.05) is 21.3 Å². The fraction of sp³-hybridized carbons (Fsp3) is 1.00. The van der Waals surface area contributed by atoms with E-state index < -0.39 is 14.0 Å². The molecule has 0 aromatic rings. The van der Waals surface area contributed by atoms with Crippen molar-refractivity contribution in [3.63, 3.8) is 0 Å². The molecule has 0 spiro atoms. The van der Waals surface area contributed by atoms with Gasteiger partial charge in [-0.3, -0.25) is 0 Å². The first kappa shape index (κ1) is 15.1. The lowest BCUT2D eigenvalue weighted by molar-refractivity contribution is -0.0756. The molecule has 102 valence electrons. The first-order valence-electron chi connectivity index (χ1n) is 5.86. The molecule has 1 aliphatic heterocycles. The third-order valence-electron chi connectivity index (χ3n) is 3.49. The summed E-state index contributed by atoms with van der Waals surface area (Å²) in [5, 5.41) is -0.572. The van der Waals surface area contributed by atoms with Crippen LogP contribution in [0.15, 0.2) is 0 Å². The van der Waals surface area contributed by atoms with Gasteiger partial charge in [-0.2, -0.15) is 0 Å². The molecule has 0 N–H and O–H groups in total. The Balaban J connectivity index is 2.84. The minimum Gasteiger partial charge on any atom is -0.375 e. The Hall–Kier alpha value is 0.0169. The highest BCUT2D eigenvalue weighted by molar-refractivity contribution is 6.64. The van der Waals surface area contributed by atoms with Gasteiger partial charge in [0.15, 0.2) is 0 Å². The summed E-state index contributed by atoms with van der Waals surface area (Å²) in [7, 11) is 1.97. The average molecular weight is 264 g/mol. The average Bonchev–Trinajstić information content (AvgIpc) is 3.13. The quantitative estimate of drug-likeness (QED) is 0.487. The van der Waals surface area contributed by atoms with E-state index in [0.29, 0.717) is 6.61 Å². The zero-order chi connectivity index (χ0) is 13.1. The minimum atomic E-state index is -2.85. The van der Waals surface area contributed by atoms with E-state index in [-0.39, 0.29) is 12.0 Å². The van der Waals surface area contributed by atoms with Crippen LogP contribution in [-0.4, -0.2) is 54.7 Å². The molecule has 1 saturated heterocycles. The Morgan fingerprint density at radius 1 is 1.24 bits per heavy atom. The molecule has 0 amide bonds. The number of hydrogen-bond donors (Lipinski definition) is 0. The van der Waals surface area contributed by atoms with E-state index in [2.05, 4.69) is 13.8 Å². The predicted octanol–water partition coefficient (Wildman–Crippen LogP) is 1.23. The van der Waals surface area contributed by atoms with Gasteiger partial charge in [0.25, 0.3) is 0 Å². The summed E-state index contributed by atoms with van der Waals surface area (Å²) in [6.07, 6.45) is 0.213. The van der Waals surface area contributed by atoms with Gasteiger partial charge in [0.2, 0.25) is 0 Å². The van der Waals surface area contributed by atoms with Crippen molar-refractivity contribution in [1.29, 1.82) is 0 Å². The smallest absolute Gasteiger partial charge is 0.375 e. The van der Waals surface area contributed by atoms with Crippen molar-refractivity contribution in [2.75, 3.05) is 34.5 Å². The normalized spacial score (nSPS) is 23.8. The highest BCUT2D eigenvalue weighted by Crippen LogP contribution is 2.34. The van der Waals surface area contributed by atoms with Crippen molar-refractivity contribution in [2.24, 2.45) is 5.92 Å². The SMILES string of the molecule is CO[Si](OC)(OC)C(C)(OCC1CO1)C(C)C. The molecule has 1 aliphatic rings. The molecule has 0 aromatic carbocycles. The Morgan fingerprint density at radius 3 is 2.00 bits per heavy atom. The lowest BCUT2D eigenvalue weighted by atomic mass is 10.1. The first-order valence-corrected chi connectivity index (χ1v) is 7.59. The van der Waals surface area contributed by atoms with Crippen molar-refractivity contribution in [3.05, 3.63) is 0 Å². The van der Waals surface area contributed by atoms with Gasteiger partial charge in [0.05, 0.1) is 13.2 Å². The molecule has 0 saturated carbocycles. The van der Waals surface area contributed by atoms with Crippen LogP contribution in [0.25, 0.3) is 0 Å². The van der Waals surface area contributed by atoms with Crippen LogP contribution in [0.2, 0.25) is 0 Å². The van der Waals surface area contributed by atoms with E-state index in [1.807, 2.05) is 6.92 Å². The molecule has 2 atom stereocenters. The van der Waals surface area contributed by atoms with Gasteiger partial charge in [-0.25, -0.2) is 0 Å². The molecular formula is C11H24O5Si. The van der Waals surface area contributed by atoms with Gasteiger partial charge in [-0.05, 0) is 12.8 Å². The molecule has 5 nitrogen and oxygen atoms in total. The molecule has 17 heavy (non-hydrogen) atoms. The number of rotatable bonds is 8. The Bertz CT molecular complexity index is 232. The minimum absolute atomic E-state index is 0.213. The summed E-state index contributed by atoms with van der Waals surface area (Å²) in [5.41, 5.74) is 0. The number of ether oxygens (including phenoxy) is 2. The van der Waals surface area contributed by atoms with E-state index in [1.165, 1.54) is 0 Å². The molecule has 0 aliphatic carbocycles. The highest BCUT2D eigenvalue weighted by atomic mass is 28.4. The fourth-order valence-corrected chi connectivity index (χ4v) is 4.58. The second-order valence-electron chi connectivity index (χ2n) is 4.70. The van der Waals surface area contributed by atoms with E-state index in [4.69, 9.17) is 22.8 Å². The molecule has 6 heteroatoms. The van der Waals surface area contributed by atoms with Crippen LogP contribution >= 0.6 is 0 Å². The summed E-state index contributed by atoms with van der Waals surface area (Å²) in [4.78, 5) is 0. The monoisotopic (exact) mass is 264 g/mol. The van der Waals surface area contributed by atoms with Crippen LogP contribution in [0, 0.1) is 5.92 Å². The summed E-state index contributed by atoms with van der Waals surface area (Å²) < 4.78 is 27.8. The largest absolute Gasteiger partial charge is 0.533 e. The van der Waals surface area contributed by atoms with Gasteiger partial charge in [-0.1, -0.05) is 13.8 Å². The van der Waals surface area contributed by atoms with Crippen molar-refractivity contribution in [1.82, 2.24) is 0 Å². The Morgan fingerprint density at radius 2 is 1.71 bits per heavy atom. The third kappa shape index (κ3) is 2.89. The predicted molar refractivity (Wildman–Crippen MR) is 65.7 cm³/mol. The zero-order valence-electron chi connectivity index (χ0n) is 11.6. The van der Waals surface area contributed by atoms with Crippen molar-refractivity contribution in [3.8, 4) is 0 Å². The molecular weight excluding hydrogens is 240 g/mol. The molecule has 1 rings (SSSR count). The fourth-order valence-electron chi connectivity index (χ4n) is 1.90. The van der Waals surface area contributed by atoms with Crippen LogP contribution in [0.4, 0.5) is 0 Å². The first-order chi connectivity index (χ1) is 7.95. The Labute approximate surface area is 105 Å². The van der Waals surface area contributed by atoms with Gasteiger partial charge < -0.3 is 22.8 Å². The molecule has 2 unspecified atom stereocenters. The summed E-state index contributed by atoms with van der Waals surface area (Å²) in [6.45, 7) is 7.47. The lowest BCUT2D eigenvalue weighted by Crippen LogP contribution is -2.66. The number of epoxide rings is 1. The van der Waals surface area contributed by atoms with Crippen LogP contribution in [0.3, 0.4) is 0 Å². The van der Waals surface area contributed by atoms with E-state index in [0.717, 1.165) is 6.61 Å². The summed E-state index contributed by atoms with van der Waals surface area (Å²) >= 11 is 0. The van der Waals surface area contributed by atoms with Crippen LogP contribution in [0.1, 0.15) is 20.8 Å². The molecule has 0 bridgehead atoms. The summed E-state index contributed by atoms with van der Waals surface area (Å²) in [5.74, 6) is 0.216. The topological polar surface area (TPSA) is 49.5 Å². The second kappa shape index (κ2) is 5.77. The Kier molecular flexibility index (Phi) is 5.12. The van der Waals surface area contributed by atoms with E-state index in [1.54, 1.807) is 21.3 Å². The van der Waals surface area contributed by atoms with E-state index >= 15 is 0 Å². The molecule has 1 fully saturated rings. The molecule has 0 radical (unpaired) electrons. The van der Waals surface area contributed by atoms with Crippen LogP contribution in [0.5, 0.6) is 0 Å². The van der Waals surface area contributed by atoms with Gasteiger partial charge in [-0.15, -0.1) is 0 Å². The standard InChI is InChI=1S/C11H24O5Si/c1-9(2)11(3,16-8-10-7-15-10)17(12-4,13-5)14-6/h9-10H,7-8H2,1-6H3. The molecule has 1 heterocycles. The lowest BCUT2D eigenvalue weighted by Gasteiger charge is -2.43. The number of hydrogen-bond acceptors (Lipinski definition) is 5. The van der Waals surface area contributed by atoms with Crippen molar-refractivity contribution in [2.45, 2.75) is 32.1 Å². The van der Waals surface area contributed by atoms with Gasteiger partial charge in [0.1, 0.15) is 11.3 Å². The zero-order valence-corrected chi connectivity index (χ0v) is 12.6. The third-order valence-corrected chi connectivity index (χ3v) is 7.04. The van der Waals surface area contributed by atoms with Gasteiger partial charge >= 0.3 is 8.80 Å². The van der Waals surface area contributed by atoms with Crippen LogP contribution < -0.4 is 0 Å². The van der Waals surface area contributed by atoms with Crippen molar-refractivity contribution >= 4 is 8.80 Å². The maximum Gasteiger partial charge on any atom is 0.533 e. The maximum atomic E-state index is 6.01.